The zero-order valence-electron chi connectivity index (χ0n) is 22.7. The molecule has 212 valence electrons. The fourth-order valence-electron chi connectivity index (χ4n) is 5.21. The molecule has 0 saturated carbocycles. The van der Waals surface area contributed by atoms with Gasteiger partial charge in [0, 0.05) is 91.5 Å². The highest BCUT2D eigenvalue weighted by molar-refractivity contribution is 7.99. The Morgan fingerprint density at radius 2 is 1.73 bits per heavy atom. The molecule has 2 N–H and O–H groups in total. The Kier molecular flexibility index (Phi) is 8.69. The Morgan fingerprint density at radius 3 is 2.44 bits per heavy atom. The molecule has 0 bridgehead atoms. The van der Waals surface area contributed by atoms with Crippen LogP contribution in [0.5, 0.6) is 0 Å². The van der Waals surface area contributed by atoms with Crippen molar-refractivity contribution in [3.8, 4) is 12.3 Å². The minimum Gasteiger partial charge on any atom is -0.370 e. The number of carbonyl (C=O) groups is 4. The van der Waals surface area contributed by atoms with Gasteiger partial charge in [-0.05, 0) is 24.6 Å². The van der Waals surface area contributed by atoms with Crippen LogP contribution >= 0.6 is 11.8 Å². The smallest absolute Gasteiger partial charge is 0.261 e. The number of imide groups is 1. The van der Waals surface area contributed by atoms with Gasteiger partial charge in [0.05, 0.1) is 0 Å². The molecule has 0 spiro atoms. The number of allylic oxidation sites excluding steroid dienone is 3. The van der Waals surface area contributed by atoms with Crippen molar-refractivity contribution in [2.45, 2.75) is 31.3 Å². The van der Waals surface area contributed by atoms with Crippen LogP contribution in [-0.4, -0.2) is 83.3 Å². The molecule has 4 aliphatic rings. The van der Waals surface area contributed by atoms with Gasteiger partial charge < -0.3 is 15.5 Å². The van der Waals surface area contributed by atoms with Crippen molar-refractivity contribution >= 4 is 46.7 Å². The van der Waals surface area contributed by atoms with E-state index in [2.05, 4.69) is 37.8 Å². The van der Waals surface area contributed by atoms with Gasteiger partial charge in [-0.25, -0.2) is 0 Å². The monoisotopic (exact) mass is 572 g/mol. The van der Waals surface area contributed by atoms with Gasteiger partial charge in [-0.1, -0.05) is 30.2 Å². The number of hydrogen-bond donors (Lipinski definition) is 2. The summed E-state index contributed by atoms with van der Waals surface area (Å²) in [4.78, 5) is 54.9. The SMILES string of the molecule is C#C/C=C/C1(CCNC(=O)CCC(=O)NCCN2C(=O)C3=CCC=C(N4CCSCC4)c4cccc(c43)C2=O)N=N1. The predicted octanol–water partition coefficient (Wildman–Crippen LogP) is 2.60. The normalized spacial score (nSPS) is 18.7. The summed E-state index contributed by atoms with van der Waals surface area (Å²) in [6, 6.07) is 5.62. The van der Waals surface area contributed by atoms with E-state index in [1.165, 1.54) is 11.0 Å². The summed E-state index contributed by atoms with van der Waals surface area (Å²) in [7, 11) is 0. The second kappa shape index (κ2) is 12.6. The van der Waals surface area contributed by atoms with E-state index in [-0.39, 0.29) is 49.6 Å². The second-order valence-corrected chi connectivity index (χ2v) is 11.3. The van der Waals surface area contributed by atoms with Gasteiger partial charge in [-0.15, -0.1) is 6.42 Å². The Balaban J connectivity index is 1.12. The number of thioether (sulfide) groups is 1. The zero-order chi connectivity index (χ0) is 28.8. The molecule has 10 nitrogen and oxygen atoms in total. The third-order valence-corrected chi connectivity index (χ3v) is 8.34. The van der Waals surface area contributed by atoms with Crippen molar-refractivity contribution in [2.24, 2.45) is 10.2 Å². The van der Waals surface area contributed by atoms with Gasteiger partial charge >= 0.3 is 0 Å². The van der Waals surface area contributed by atoms with E-state index in [4.69, 9.17) is 6.42 Å². The average Bonchev–Trinajstić information content (AvgIpc) is 3.79. The summed E-state index contributed by atoms with van der Waals surface area (Å²) in [6.07, 6.45) is 13.6. The van der Waals surface area contributed by atoms with Crippen molar-refractivity contribution in [3.05, 3.63) is 59.2 Å². The second-order valence-electron chi connectivity index (χ2n) is 10.1. The number of hydrogen-bond acceptors (Lipinski definition) is 8. The quantitative estimate of drug-likeness (QED) is 0.310. The molecule has 41 heavy (non-hydrogen) atoms. The van der Waals surface area contributed by atoms with E-state index in [9.17, 15) is 19.2 Å². The van der Waals surface area contributed by atoms with Gasteiger partial charge in [0.25, 0.3) is 11.8 Å². The largest absolute Gasteiger partial charge is 0.370 e. The lowest BCUT2D eigenvalue weighted by atomic mass is 9.88. The van der Waals surface area contributed by atoms with Crippen LogP contribution in [0.2, 0.25) is 0 Å². The number of carbonyl (C=O) groups excluding carboxylic acids is 4. The van der Waals surface area contributed by atoms with E-state index in [1.54, 1.807) is 12.1 Å². The summed E-state index contributed by atoms with van der Waals surface area (Å²) in [5.41, 5.74) is 3.10. The maximum atomic E-state index is 13.5. The first-order chi connectivity index (χ1) is 19.9. The van der Waals surface area contributed by atoms with Gasteiger partial charge in [-0.3, -0.25) is 24.1 Å². The molecule has 1 fully saturated rings. The fraction of sp³-hybridized carbons (Fsp3) is 0.400. The highest BCUT2D eigenvalue weighted by atomic mass is 32.2. The molecule has 0 radical (unpaired) electrons. The summed E-state index contributed by atoms with van der Waals surface area (Å²) in [6.45, 7) is 2.36. The molecule has 0 unspecified atom stereocenters. The van der Waals surface area contributed by atoms with Crippen LogP contribution in [-0.2, 0) is 14.4 Å². The highest BCUT2D eigenvalue weighted by Gasteiger charge is 2.38. The van der Waals surface area contributed by atoms with Crippen molar-refractivity contribution in [1.29, 1.82) is 0 Å². The molecule has 0 aromatic heterocycles. The molecule has 11 heteroatoms. The maximum Gasteiger partial charge on any atom is 0.261 e. The molecular formula is C30H32N6O4S. The topological polar surface area (TPSA) is 124 Å². The summed E-state index contributed by atoms with van der Waals surface area (Å²) < 4.78 is 0. The molecule has 3 aliphatic heterocycles. The molecular weight excluding hydrogens is 540 g/mol. The van der Waals surface area contributed by atoms with Crippen LogP contribution in [0, 0.1) is 12.3 Å². The first kappa shape index (κ1) is 28.4. The van der Waals surface area contributed by atoms with Gasteiger partial charge in [0.2, 0.25) is 17.5 Å². The summed E-state index contributed by atoms with van der Waals surface area (Å²) >= 11 is 1.93. The number of nitrogens with zero attached hydrogens (tertiary/aromatic N) is 4. The van der Waals surface area contributed by atoms with Crippen molar-refractivity contribution < 1.29 is 19.2 Å². The average molecular weight is 573 g/mol. The minimum absolute atomic E-state index is 0.00852. The van der Waals surface area contributed by atoms with Crippen molar-refractivity contribution in [3.63, 3.8) is 0 Å². The van der Waals surface area contributed by atoms with E-state index >= 15 is 0 Å². The summed E-state index contributed by atoms with van der Waals surface area (Å²) in [5, 5.41) is 13.4. The Labute approximate surface area is 243 Å². The highest BCUT2D eigenvalue weighted by Crippen LogP contribution is 2.39. The molecule has 1 aromatic carbocycles. The lowest BCUT2D eigenvalue weighted by molar-refractivity contribution is -0.126. The summed E-state index contributed by atoms with van der Waals surface area (Å²) in [5.74, 6) is 3.18. The van der Waals surface area contributed by atoms with Crippen molar-refractivity contribution in [2.75, 3.05) is 44.2 Å². The van der Waals surface area contributed by atoms with Crippen LogP contribution in [0.3, 0.4) is 0 Å². The lowest BCUT2D eigenvalue weighted by Crippen LogP contribution is -2.46. The van der Waals surface area contributed by atoms with Crippen LogP contribution in [0.15, 0.2) is 52.7 Å². The molecule has 4 amide bonds. The molecule has 5 rings (SSSR count). The predicted molar refractivity (Wildman–Crippen MR) is 157 cm³/mol. The number of terminal acetylenes is 1. The van der Waals surface area contributed by atoms with Gasteiger partial charge in [0.15, 0.2) is 0 Å². The first-order valence-electron chi connectivity index (χ1n) is 13.8. The van der Waals surface area contributed by atoms with E-state index in [0.29, 0.717) is 36.1 Å². The van der Waals surface area contributed by atoms with E-state index < -0.39 is 5.66 Å². The van der Waals surface area contributed by atoms with Crippen LogP contribution < -0.4 is 10.6 Å². The van der Waals surface area contributed by atoms with Crippen LogP contribution in [0.25, 0.3) is 11.3 Å². The first-order valence-corrected chi connectivity index (χ1v) is 14.9. The van der Waals surface area contributed by atoms with Crippen molar-refractivity contribution in [1.82, 2.24) is 20.4 Å². The molecule has 1 aliphatic carbocycles. The number of nitrogens with one attached hydrogen (secondary N) is 2. The lowest BCUT2D eigenvalue weighted by Gasteiger charge is -2.34. The van der Waals surface area contributed by atoms with E-state index in [0.717, 1.165) is 35.9 Å². The number of benzene rings is 1. The Bertz CT molecular complexity index is 1410. The molecule has 0 atom stereocenters. The Morgan fingerprint density at radius 1 is 1.02 bits per heavy atom. The molecule has 3 heterocycles. The zero-order valence-corrected chi connectivity index (χ0v) is 23.5. The number of amides is 4. The van der Waals surface area contributed by atoms with Crippen LogP contribution in [0.4, 0.5) is 0 Å². The van der Waals surface area contributed by atoms with Crippen LogP contribution in [0.1, 0.15) is 47.2 Å². The third-order valence-electron chi connectivity index (χ3n) is 7.40. The third kappa shape index (κ3) is 6.43. The maximum absolute atomic E-state index is 13.5. The Hall–Kier alpha value is -4.17. The molecule has 1 aromatic rings. The minimum atomic E-state index is -0.638. The fourth-order valence-corrected chi connectivity index (χ4v) is 6.11. The van der Waals surface area contributed by atoms with Gasteiger partial charge in [0.1, 0.15) is 0 Å². The van der Waals surface area contributed by atoms with E-state index in [1.807, 2.05) is 30.0 Å². The number of rotatable bonds is 11. The standard InChI is InChI=1S/C30H32N6O4S/c1-2-3-12-30(33-34-30)13-14-31-25(37)10-11-26(38)32-15-16-36-28(39)22-7-4-6-21-24(35-17-19-41-20-18-35)9-5-8-23(27(21)22)29(36)40/h1,3-4,6-9,12H,5,10-11,13-20H2,(H,31,37)(H,32,38)/b12-3+. The van der Waals surface area contributed by atoms with Gasteiger partial charge in [-0.2, -0.15) is 22.0 Å². The molecule has 1 saturated heterocycles.